The Bertz CT molecular complexity index is 851. The van der Waals surface area contributed by atoms with Gasteiger partial charge >= 0.3 is 34.1 Å². The molecule has 0 N–H and O–H groups in total. The molecule has 2 radical (unpaired) electrons. The summed E-state index contributed by atoms with van der Waals surface area (Å²) in [5, 5.41) is 0. The number of hydrogen-bond donors (Lipinski definition) is 0. The van der Waals surface area contributed by atoms with E-state index in [1.165, 1.54) is 0 Å². The fraction of sp³-hybridized carbons (Fsp3) is 0. The Morgan fingerprint density at radius 1 is 0.257 bits per heavy atom. The zero-order chi connectivity index (χ0) is 26.2. The van der Waals surface area contributed by atoms with Crippen molar-refractivity contribution in [1.82, 2.24) is 0 Å². The van der Waals surface area contributed by atoms with Gasteiger partial charge in [0.25, 0.3) is 0 Å². The average molecular weight is 634 g/mol. The Morgan fingerprint density at radius 2 is 0.286 bits per heavy atom. The average Bonchev–Trinajstić information content (AvgIpc) is 2.69. The van der Waals surface area contributed by atoms with E-state index >= 15 is 0 Å². The molecule has 196 valence electrons. The molecular weight excluding hydrogens is 616 g/mol. The van der Waals surface area contributed by atoms with Crippen LogP contribution in [0, 0.1) is 0 Å². The fourth-order valence-corrected chi connectivity index (χ4v) is 1.15. The normalized spacial score (nSPS) is 9.09. The first-order valence-electron chi connectivity index (χ1n) is 8.00. The minimum atomic E-state index is -5.17. The van der Waals surface area contributed by atoms with Crippen LogP contribution in [-0.4, -0.2) is 52.6 Å². The molecule has 0 aliphatic rings. The summed E-state index contributed by atoms with van der Waals surface area (Å²) in [6.07, 6.45) is 0. The molecule has 0 aliphatic carbocycles. The van der Waals surface area contributed by atoms with Crippen molar-refractivity contribution in [2.75, 3.05) is 0 Å². The molecule has 0 spiro atoms. The predicted molar refractivity (Wildman–Crippen MR) is 111 cm³/mol. The molecule has 0 aliphatic heterocycles. The maximum atomic E-state index is 8.52. The Kier molecular flexibility index (Phi) is 33.4. The molecule has 0 heterocycles. The molecule has 0 saturated heterocycles. The zero-order valence-electron chi connectivity index (χ0n) is 17.2. The van der Waals surface area contributed by atoms with Gasteiger partial charge in [-0.1, -0.05) is 109 Å². The van der Waals surface area contributed by atoms with E-state index in [0.717, 1.165) is 0 Å². The topological polar surface area (TPSA) is 241 Å². The molecule has 3 aromatic carbocycles. The van der Waals surface area contributed by atoms with Crippen LogP contribution in [0.3, 0.4) is 0 Å². The van der Waals surface area contributed by atoms with Gasteiger partial charge in [0.05, 0.1) is 0 Å². The summed E-state index contributed by atoms with van der Waals surface area (Å²) < 4.78 is 102. The second-order valence-corrected chi connectivity index (χ2v) is 7.14. The third-order valence-electron chi connectivity index (χ3n) is 2.00. The second kappa shape index (κ2) is 26.9. The molecule has 0 saturated carbocycles. The monoisotopic (exact) mass is 634 g/mol. The molecule has 0 aromatic heterocycles. The molecule has 0 bridgehead atoms. The third kappa shape index (κ3) is 112. The van der Waals surface area contributed by atoms with Crippen LogP contribution in [0.25, 0.3) is 0 Å². The van der Waals surface area contributed by atoms with Gasteiger partial charge in [-0.25, -0.2) is 0 Å². The quantitative estimate of drug-likeness (QED) is 0.191. The van der Waals surface area contributed by atoms with Crippen LogP contribution < -0.4 is 0 Å². The minimum absolute atomic E-state index is 0. The molecule has 0 amide bonds. The minimum Gasteiger partial charge on any atom is -0.759 e. The Labute approximate surface area is 226 Å². The van der Waals surface area contributed by atoms with E-state index < -0.39 is 31.2 Å². The number of benzene rings is 3. The van der Waals surface area contributed by atoms with Crippen molar-refractivity contribution >= 4 is 31.2 Å². The van der Waals surface area contributed by atoms with Crippen LogP contribution in [0.4, 0.5) is 0 Å². The van der Waals surface area contributed by atoms with Crippen LogP contribution in [-0.2, 0) is 65.3 Å². The maximum absolute atomic E-state index is 8.52. The van der Waals surface area contributed by atoms with E-state index in [4.69, 9.17) is 52.6 Å². The van der Waals surface area contributed by atoms with E-state index in [2.05, 4.69) is 0 Å². The predicted octanol–water partition coefficient (Wildman–Crippen LogP) is 1.04. The fourth-order valence-electron chi connectivity index (χ4n) is 1.15. The van der Waals surface area contributed by atoms with E-state index in [0.29, 0.717) is 0 Å². The van der Waals surface area contributed by atoms with Crippen LogP contribution in [0.2, 0.25) is 0 Å². The van der Waals surface area contributed by atoms with Crippen molar-refractivity contribution in [3.63, 3.8) is 0 Å². The standard InChI is InChI=1S/3C6H6.2Fe.3H2O4S/c3*1-2-4-6-5-3-1;;;3*1-5(2,3)4/h3*1-6H;;;3*(H2,1,2,3,4)/q;;;2*+3;;;/p-6. The first kappa shape index (κ1) is 43.4. The van der Waals surface area contributed by atoms with Crippen LogP contribution in [0.15, 0.2) is 109 Å². The van der Waals surface area contributed by atoms with Crippen molar-refractivity contribution in [2.45, 2.75) is 0 Å². The largest absolute Gasteiger partial charge is 3.00 e. The van der Waals surface area contributed by atoms with Crippen LogP contribution in [0.1, 0.15) is 0 Å². The zero-order valence-corrected chi connectivity index (χ0v) is 21.9. The van der Waals surface area contributed by atoms with Gasteiger partial charge in [-0.2, -0.15) is 0 Å². The summed E-state index contributed by atoms with van der Waals surface area (Å²) in [4.78, 5) is 0. The van der Waals surface area contributed by atoms with Gasteiger partial charge in [-0.05, 0) is 0 Å². The summed E-state index contributed by atoms with van der Waals surface area (Å²) in [6.45, 7) is 0. The van der Waals surface area contributed by atoms with Gasteiger partial charge in [0, 0.05) is 31.2 Å². The van der Waals surface area contributed by atoms with Gasteiger partial charge in [0.15, 0.2) is 0 Å². The van der Waals surface area contributed by atoms with Crippen LogP contribution in [0.5, 0.6) is 0 Å². The van der Waals surface area contributed by atoms with E-state index in [9.17, 15) is 0 Å². The van der Waals surface area contributed by atoms with Crippen molar-refractivity contribution in [3.8, 4) is 0 Å². The van der Waals surface area contributed by atoms with Crippen molar-refractivity contribution in [2.24, 2.45) is 0 Å². The number of rotatable bonds is 0. The van der Waals surface area contributed by atoms with Gasteiger partial charge in [0.1, 0.15) is 0 Å². The van der Waals surface area contributed by atoms with E-state index in [1.54, 1.807) is 0 Å². The SMILES string of the molecule is O=S(=O)([O-])[O-].O=S(=O)([O-])[O-].O=S(=O)([O-])[O-].[Fe+3].[Fe+3].c1ccccc1.c1ccccc1.c1ccccc1. The van der Waals surface area contributed by atoms with Gasteiger partial charge in [-0.3, -0.25) is 25.3 Å². The van der Waals surface area contributed by atoms with Crippen molar-refractivity contribution < 1.29 is 86.7 Å². The van der Waals surface area contributed by atoms with E-state index in [1.807, 2.05) is 109 Å². The summed E-state index contributed by atoms with van der Waals surface area (Å²) >= 11 is 0. The van der Waals surface area contributed by atoms with E-state index in [-0.39, 0.29) is 34.1 Å². The molecule has 0 atom stereocenters. The Morgan fingerprint density at radius 3 is 0.314 bits per heavy atom. The van der Waals surface area contributed by atoms with Gasteiger partial charge in [0.2, 0.25) is 0 Å². The molecule has 0 fully saturated rings. The third-order valence-corrected chi connectivity index (χ3v) is 2.00. The molecule has 17 heteroatoms. The van der Waals surface area contributed by atoms with Crippen molar-refractivity contribution in [3.05, 3.63) is 109 Å². The molecule has 3 aromatic rings. The summed E-state index contributed by atoms with van der Waals surface area (Å²) in [5.74, 6) is 0. The molecular formula is C18H18Fe2O12S3. The summed E-state index contributed by atoms with van der Waals surface area (Å²) in [7, 11) is -15.5. The maximum Gasteiger partial charge on any atom is 3.00 e. The molecule has 3 rings (SSSR count). The Hall–Kier alpha value is -1.69. The van der Waals surface area contributed by atoms with Gasteiger partial charge in [-0.15, -0.1) is 0 Å². The van der Waals surface area contributed by atoms with Gasteiger partial charge < -0.3 is 27.3 Å². The first-order chi connectivity index (χ1) is 15.0. The molecule has 12 nitrogen and oxygen atoms in total. The molecule has 0 unspecified atom stereocenters. The second-order valence-electron chi connectivity index (χ2n) is 4.69. The first-order valence-corrected chi connectivity index (χ1v) is 12.0. The van der Waals surface area contributed by atoms with Crippen molar-refractivity contribution in [1.29, 1.82) is 0 Å². The summed E-state index contributed by atoms with van der Waals surface area (Å²) in [6, 6.07) is 36.0. The Balaban J connectivity index is -0.000000102. The van der Waals surface area contributed by atoms with Crippen LogP contribution >= 0.6 is 0 Å². The smallest absolute Gasteiger partial charge is 0.759 e. The summed E-state index contributed by atoms with van der Waals surface area (Å²) in [5.41, 5.74) is 0. The number of hydrogen-bond acceptors (Lipinski definition) is 12. The molecule has 35 heavy (non-hydrogen) atoms.